The molecule has 1 fully saturated rings. The molecule has 0 radical (unpaired) electrons. The van der Waals surface area contributed by atoms with Crippen molar-refractivity contribution in [1.82, 2.24) is 0 Å². The van der Waals surface area contributed by atoms with Crippen LogP contribution < -0.4 is 24.8 Å². The molecule has 0 N–H and O–H groups in total. The largest absolute Gasteiger partial charge is 0.126 e. The smallest absolute Gasteiger partial charge is 0.0197 e. The van der Waals surface area contributed by atoms with Gasteiger partial charge in [0.25, 0.3) is 0 Å². The van der Waals surface area contributed by atoms with Crippen LogP contribution in [0.1, 0.15) is 19.3 Å². The quantitative estimate of drug-likeness (QED) is 0.280. The number of halogens is 2. The summed E-state index contributed by atoms with van der Waals surface area (Å²) in [6.07, 6.45) is 12.9. The van der Waals surface area contributed by atoms with Crippen molar-refractivity contribution < 1.29 is 49.0 Å². The third kappa shape index (κ3) is 7.30. The monoisotopic (exact) mass is 582 g/mol. The molecule has 0 aromatic heterocycles. The Morgan fingerprint density at radius 2 is 1.08 bits per heavy atom. The maximum absolute atomic E-state index is 2.99. The molecule has 36 heavy (non-hydrogen) atoms. The number of allylic oxidation sites excluding steroid dienone is 4. The first kappa shape index (κ1) is 28.1. The zero-order valence-corrected chi connectivity index (χ0v) is 23.9. The van der Waals surface area contributed by atoms with Crippen LogP contribution in [0.5, 0.6) is 0 Å². The minimum atomic E-state index is 0. The van der Waals surface area contributed by atoms with E-state index in [1.165, 1.54) is 56.6 Å². The molecule has 0 saturated heterocycles. The Balaban J connectivity index is 0.000000278. The van der Waals surface area contributed by atoms with E-state index in [0.717, 1.165) is 6.42 Å². The molecule has 0 spiro atoms. The van der Waals surface area contributed by atoms with Gasteiger partial charge in [-0.15, -0.1) is 46.2 Å². The summed E-state index contributed by atoms with van der Waals surface area (Å²) < 4.78 is 1.76. The molecule has 178 valence electrons. The van der Waals surface area contributed by atoms with Crippen LogP contribution in [0.4, 0.5) is 0 Å². The van der Waals surface area contributed by atoms with Gasteiger partial charge < -0.3 is 24.8 Å². The van der Waals surface area contributed by atoms with Crippen molar-refractivity contribution in [3.05, 3.63) is 127 Å². The van der Waals surface area contributed by atoms with Crippen LogP contribution in [-0.2, 0) is 24.2 Å². The maximum atomic E-state index is 2.99. The first-order valence-electron chi connectivity index (χ1n) is 11.8. The molecule has 0 amide bonds. The predicted molar refractivity (Wildman–Crippen MR) is 144 cm³/mol. The van der Waals surface area contributed by atoms with Crippen molar-refractivity contribution in [1.29, 1.82) is 0 Å². The van der Waals surface area contributed by atoms with E-state index in [9.17, 15) is 0 Å². The van der Waals surface area contributed by atoms with Crippen molar-refractivity contribution in [3.63, 3.8) is 0 Å². The van der Waals surface area contributed by atoms with Gasteiger partial charge in [0.1, 0.15) is 0 Å². The van der Waals surface area contributed by atoms with Crippen molar-refractivity contribution in [2.45, 2.75) is 19.3 Å². The van der Waals surface area contributed by atoms with Gasteiger partial charge in [-0.2, -0.15) is 6.08 Å². The fourth-order valence-electron chi connectivity index (χ4n) is 4.02. The number of hydrogen-bond donors (Lipinski definition) is 0. The second-order valence-electron chi connectivity index (χ2n) is 8.59. The van der Waals surface area contributed by atoms with E-state index in [2.05, 4.69) is 115 Å². The van der Waals surface area contributed by atoms with E-state index in [4.69, 9.17) is 0 Å². The average Bonchev–Trinajstić information content (AvgIpc) is 3.34. The summed E-state index contributed by atoms with van der Waals surface area (Å²) in [6.45, 7) is 0. The van der Waals surface area contributed by atoms with Gasteiger partial charge in [-0.25, -0.2) is 12.2 Å². The summed E-state index contributed by atoms with van der Waals surface area (Å²) in [5.74, 6) is 0. The van der Waals surface area contributed by atoms with Crippen molar-refractivity contribution in [2.75, 3.05) is 0 Å². The van der Waals surface area contributed by atoms with Crippen LogP contribution >= 0.6 is 0 Å². The number of fused-ring (bicyclic) bond motifs is 3. The van der Waals surface area contributed by atoms with E-state index < -0.39 is 0 Å². The molecule has 0 nitrogen and oxygen atoms in total. The Bertz CT molecular complexity index is 1370. The Hall–Kier alpha value is -2.44. The van der Waals surface area contributed by atoms with Crippen LogP contribution in [0.3, 0.4) is 0 Å². The Labute approximate surface area is 241 Å². The minimum absolute atomic E-state index is 0. The van der Waals surface area contributed by atoms with Crippen LogP contribution in [0.25, 0.3) is 43.8 Å². The van der Waals surface area contributed by atoms with Gasteiger partial charge in [0.2, 0.25) is 0 Å². The van der Waals surface area contributed by atoms with Crippen LogP contribution in [-0.4, -0.2) is 3.21 Å². The molecule has 0 bridgehead atoms. The van der Waals surface area contributed by atoms with Gasteiger partial charge in [0.15, 0.2) is 0 Å². The topological polar surface area (TPSA) is 0 Å². The molecule has 2 aliphatic carbocycles. The molecule has 0 heterocycles. The van der Waals surface area contributed by atoms with E-state index in [-0.39, 0.29) is 24.8 Å². The zero-order chi connectivity index (χ0) is 23.2. The second kappa shape index (κ2) is 13.8. The molecule has 0 atom stereocenters. The normalized spacial score (nSPS) is 12.7. The fourth-order valence-corrected chi connectivity index (χ4v) is 4.33. The van der Waals surface area contributed by atoms with Crippen LogP contribution in [0.15, 0.2) is 121 Å². The van der Waals surface area contributed by atoms with Crippen LogP contribution in [0, 0.1) is 6.08 Å². The zero-order valence-electron chi connectivity index (χ0n) is 19.9. The minimum Gasteiger partial charge on any atom is -0.126 e. The molecular weight excluding hydrogens is 558 g/mol. The fraction of sp³-hybridized carbons (Fsp3) is 0.0909. The van der Waals surface area contributed by atoms with E-state index in [0.29, 0.717) is 0 Å². The summed E-state index contributed by atoms with van der Waals surface area (Å²) in [4.78, 5) is 0. The van der Waals surface area contributed by atoms with Gasteiger partial charge in [-0.1, -0.05) is 84.9 Å². The van der Waals surface area contributed by atoms with E-state index in [1.807, 2.05) is 12.2 Å². The summed E-state index contributed by atoms with van der Waals surface area (Å²) in [7, 11) is 0. The molecule has 0 aliphatic heterocycles. The molecule has 3 heteroatoms. The molecule has 7 rings (SSSR count). The third-order valence-corrected chi connectivity index (χ3v) is 7.24. The molecular formula is C33H26Cl2Zr-2. The summed E-state index contributed by atoms with van der Waals surface area (Å²) in [5, 5.41) is 5.27. The maximum Gasteiger partial charge on any atom is -0.0197 e. The van der Waals surface area contributed by atoms with Gasteiger partial charge in [0, 0.05) is 0 Å². The average molecular weight is 585 g/mol. The van der Waals surface area contributed by atoms with Crippen molar-refractivity contribution in [2.24, 2.45) is 0 Å². The van der Waals surface area contributed by atoms with Gasteiger partial charge in [-0.3, -0.25) is 6.08 Å². The number of benzene rings is 4. The van der Waals surface area contributed by atoms with Gasteiger partial charge in [-0.05, 0) is 22.3 Å². The third-order valence-electron chi connectivity index (χ3n) is 6.01. The van der Waals surface area contributed by atoms with Gasteiger partial charge >= 0.3 is 40.3 Å². The molecule has 2 aliphatic rings. The second-order valence-corrected chi connectivity index (χ2v) is 10.3. The first-order valence-corrected chi connectivity index (χ1v) is 13.0. The number of rotatable bonds is 2. The molecule has 0 unspecified atom stereocenters. The van der Waals surface area contributed by atoms with Crippen molar-refractivity contribution >= 4 is 24.8 Å². The SMILES string of the molecule is [C-]1=CC=CC1.[Cl-].[Cl-].[Zr+2]=[C]1CC1.c1ccc(-c2ccc3[cH-]c4ccc(-c5ccccc5)cc4c3c2)cc1. The number of hydrogen-bond acceptors (Lipinski definition) is 0. The van der Waals surface area contributed by atoms with Crippen LogP contribution in [0.2, 0.25) is 0 Å². The predicted octanol–water partition coefficient (Wildman–Crippen LogP) is 2.86. The molecule has 1 saturated carbocycles. The Kier molecular flexibility index (Phi) is 10.8. The standard InChI is InChI=1S/C25H17.C5H5.C3H4.2ClH.Zr/c1-3-7-18(8-4-1)20-11-13-22-15-23-14-12-21(17-25(23)24(22)16-20)19-9-5-2-6-10-19;1-2-4-5-3-1;1-2-3-1;;;/h1-17H;1-3H,4H2;1-2H2;2*1H;/q2*-1;;;;+2/p-2. The summed E-state index contributed by atoms with van der Waals surface area (Å²) >= 11 is 1.66. The Morgan fingerprint density at radius 3 is 1.42 bits per heavy atom. The molecule has 5 aromatic rings. The van der Waals surface area contributed by atoms with Crippen molar-refractivity contribution in [3.8, 4) is 22.3 Å². The van der Waals surface area contributed by atoms with E-state index in [1.54, 1.807) is 27.4 Å². The van der Waals surface area contributed by atoms with E-state index >= 15 is 0 Å². The first-order chi connectivity index (χ1) is 16.8. The molecule has 5 aromatic carbocycles. The summed E-state index contributed by atoms with van der Waals surface area (Å²) in [5.41, 5.74) is 5.06. The Morgan fingerprint density at radius 1 is 0.611 bits per heavy atom. The van der Waals surface area contributed by atoms with Gasteiger partial charge in [0.05, 0.1) is 0 Å². The summed E-state index contributed by atoms with van der Waals surface area (Å²) in [6, 6.07) is 37.0.